The van der Waals surface area contributed by atoms with E-state index in [-0.39, 0.29) is 0 Å². The molecule has 0 radical (unpaired) electrons. The van der Waals surface area contributed by atoms with E-state index in [1.54, 1.807) is 25.0 Å². The fraction of sp³-hybridized carbons (Fsp3) is 0.467. The zero-order valence-electron chi connectivity index (χ0n) is 13.2. The second kappa shape index (κ2) is 7.12. The maximum absolute atomic E-state index is 5.64. The number of ether oxygens (including phenoxy) is 3. The molecule has 0 N–H and O–H groups in total. The van der Waals surface area contributed by atoms with E-state index in [4.69, 9.17) is 30.8 Å². The third-order valence-electron chi connectivity index (χ3n) is 3.64. The van der Waals surface area contributed by atoms with Gasteiger partial charge in [-0.1, -0.05) is 0 Å². The molecule has 2 aromatic rings. The van der Waals surface area contributed by atoms with Gasteiger partial charge >= 0.3 is 0 Å². The first kappa shape index (κ1) is 16.0. The first-order valence-corrected chi connectivity index (χ1v) is 7.72. The number of nitrogens with zero attached hydrogens (tertiary/aromatic N) is 3. The van der Waals surface area contributed by atoms with Gasteiger partial charge in [0, 0.05) is 24.7 Å². The standard InChI is InChI=1S/C15H19N3O4S/c1-19-12-7-11(8-13(9-12)20-2)14-16-18(15(23)22-14)10-17-3-5-21-6-4-17/h7-9H,3-6,10H2,1-2H3. The summed E-state index contributed by atoms with van der Waals surface area (Å²) in [7, 11) is 3.20. The predicted molar refractivity (Wildman–Crippen MR) is 86.3 cm³/mol. The van der Waals surface area contributed by atoms with Crippen molar-refractivity contribution in [2.45, 2.75) is 6.67 Å². The van der Waals surface area contributed by atoms with Gasteiger partial charge in [0.25, 0.3) is 4.84 Å². The fourth-order valence-electron chi connectivity index (χ4n) is 2.38. The molecule has 124 valence electrons. The highest BCUT2D eigenvalue weighted by Gasteiger charge is 2.15. The van der Waals surface area contributed by atoms with E-state index in [0.29, 0.717) is 28.9 Å². The molecule has 1 aromatic heterocycles. The van der Waals surface area contributed by atoms with Crippen LogP contribution < -0.4 is 9.47 Å². The van der Waals surface area contributed by atoms with Gasteiger partial charge in [0.2, 0.25) is 5.89 Å². The smallest absolute Gasteiger partial charge is 0.288 e. The highest BCUT2D eigenvalue weighted by molar-refractivity contribution is 7.71. The SMILES string of the molecule is COc1cc(OC)cc(-c2nn(CN3CCOCC3)c(=S)o2)c1. The molecule has 1 aliphatic heterocycles. The van der Waals surface area contributed by atoms with Crippen molar-refractivity contribution in [2.75, 3.05) is 40.5 Å². The molecule has 0 amide bonds. The average Bonchev–Trinajstić information content (AvgIpc) is 2.96. The predicted octanol–water partition coefficient (Wildman–Crippen LogP) is 2.18. The summed E-state index contributed by atoms with van der Waals surface area (Å²) in [6.45, 7) is 3.76. The van der Waals surface area contributed by atoms with Gasteiger partial charge in [-0.25, -0.2) is 4.68 Å². The largest absolute Gasteiger partial charge is 0.497 e. The number of benzene rings is 1. The topological polar surface area (TPSA) is 61.9 Å². The zero-order chi connectivity index (χ0) is 16.2. The van der Waals surface area contributed by atoms with E-state index >= 15 is 0 Å². The quantitative estimate of drug-likeness (QED) is 0.775. The molecule has 1 saturated heterocycles. The molecule has 0 spiro atoms. The van der Waals surface area contributed by atoms with Gasteiger partial charge in [0.05, 0.1) is 34.1 Å². The molecule has 1 aliphatic rings. The Balaban J connectivity index is 1.86. The Labute approximate surface area is 139 Å². The van der Waals surface area contributed by atoms with Crippen LogP contribution in [0.25, 0.3) is 11.5 Å². The van der Waals surface area contributed by atoms with Crippen LogP contribution in [0.1, 0.15) is 0 Å². The number of methoxy groups -OCH3 is 2. The molecular formula is C15H19N3O4S. The second-order valence-corrected chi connectivity index (χ2v) is 5.50. The summed E-state index contributed by atoms with van der Waals surface area (Å²) in [5, 5.41) is 4.48. The second-order valence-electron chi connectivity index (χ2n) is 5.15. The monoisotopic (exact) mass is 337 g/mol. The molecule has 1 fully saturated rings. The molecular weight excluding hydrogens is 318 g/mol. The first-order valence-electron chi connectivity index (χ1n) is 7.31. The molecule has 3 rings (SSSR count). The number of aromatic nitrogens is 2. The number of hydrogen-bond acceptors (Lipinski definition) is 7. The Kier molecular flexibility index (Phi) is 4.94. The Morgan fingerprint density at radius 3 is 2.39 bits per heavy atom. The lowest BCUT2D eigenvalue weighted by atomic mass is 10.2. The van der Waals surface area contributed by atoms with Crippen molar-refractivity contribution in [3.05, 3.63) is 23.0 Å². The lowest BCUT2D eigenvalue weighted by Crippen LogP contribution is -2.37. The lowest BCUT2D eigenvalue weighted by Gasteiger charge is -2.25. The van der Waals surface area contributed by atoms with Crippen molar-refractivity contribution in [1.82, 2.24) is 14.7 Å². The molecule has 0 aliphatic carbocycles. The molecule has 0 atom stereocenters. The van der Waals surface area contributed by atoms with Crippen molar-refractivity contribution in [3.63, 3.8) is 0 Å². The van der Waals surface area contributed by atoms with Gasteiger partial charge in [-0.3, -0.25) is 4.90 Å². The van der Waals surface area contributed by atoms with E-state index < -0.39 is 0 Å². The summed E-state index contributed by atoms with van der Waals surface area (Å²) in [6, 6.07) is 5.47. The molecule has 8 heteroatoms. The van der Waals surface area contributed by atoms with Crippen molar-refractivity contribution in [3.8, 4) is 23.0 Å². The van der Waals surface area contributed by atoms with Crippen LogP contribution >= 0.6 is 12.2 Å². The average molecular weight is 337 g/mol. The minimum atomic E-state index is 0.341. The first-order chi connectivity index (χ1) is 11.2. The summed E-state index contributed by atoms with van der Waals surface area (Å²) in [4.78, 5) is 2.56. The summed E-state index contributed by atoms with van der Waals surface area (Å²) >= 11 is 5.28. The number of hydrogen-bond donors (Lipinski definition) is 0. The summed E-state index contributed by atoms with van der Waals surface area (Å²) in [5.41, 5.74) is 0.757. The van der Waals surface area contributed by atoms with Gasteiger partial charge in [-0.2, -0.15) is 0 Å². The Bertz CT molecular complexity index is 700. The van der Waals surface area contributed by atoms with Crippen LogP contribution in [-0.4, -0.2) is 55.2 Å². The zero-order valence-corrected chi connectivity index (χ0v) is 14.0. The van der Waals surface area contributed by atoms with Gasteiger partial charge in [-0.05, 0) is 24.4 Å². The Morgan fingerprint density at radius 2 is 1.78 bits per heavy atom. The van der Waals surface area contributed by atoms with E-state index in [9.17, 15) is 0 Å². The van der Waals surface area contributed by atoms with Gasteiger partial charge in [0.15, 0.2) is 0 Å². The third-order valence-corrected chi connectivity index (χ3v) is 3.94. The molecule has 0 bridgehead atoms. The normalized spacial score (nSPS) is 15.6. The maximum Gasteiger partial charge on any atom is 0.288 e. The van der Waals surface area contributed by atoms with E-state index in [2.05, 4.69) is 10.00 Å². The Morgan fingerprint density at radius 1 is 1.13 bits per heavy atom. The number of rotatable bonds is 5. The third kappa shape index (κ3) is 3.72. The van der Waals surface area contributed by atoms with E-state index in [1.807, 2.05) is 12.1 Å². The summed E-state index contributed by atoms with van der Waals surface area (Å²) in [6.07, 6.45) is 0. The molecule has 0 saturated carbocycles. The number of morpholine rings is 1. The highest BCUT2D eigenvalue weighted by Crippen LogP contribution is 2.29. The van der Waals surface area contributed by atoms with E-state index in [1.165, 1.54) is 0 Å². The van der Waals surface area contributed by atoms with Crippen LogP contribution in [-0.2, 0) is 11.4 Å². The molecule has 2 heterocycles. The van der Waals surface area contributed by atoms with Crippen molar-refractivity contribution >= 4 is 12.2 Å². The van der Waals surface area contributed by atoms with E-state index in [0.717, 1.165) is 31.9 Å². The van der Waals surface area contributed by atoms with Crippen LogP contribution in [0.5, 0.6) is 11.5 Å². The van der Waals surface area contributed by atoms with Gasteiger partial charge in [-0.15, -0.1) is 5.10 Å². The highest BCUT2D eigenvalue weighted by atomic mass is 32.1. The summed E-state index contributed by atoms with van der Waals surface area (Å²) in [5.74, 6) is 1.78. The van der Waals surface area contributed by atoms with Crippen LogP contribution in [0, 0.1) is 4.84 Å². The van der Waals surface area contributed by atoms with Gasteiger partial charge in [0.1, 0.15) is 11.5 Å². The Hall–Kier alpha value is -1.90. The van der Waals surface area contributed by atoms with Crippen molar-refractivity contribution in [1.29, 1.82) is 0 Å². The minimum absolute atomic E-state index is 0.341. The van der Waals surface area contributed by atoms with Crippen molar-refractivity contribution in [2.24, 2.45) is 0 Å². The summed E-state index contributed by atoms with van der Waals surface area (Å²) < 4.78 is 23.2. The van der Waals surface area contributed by atoms with Crippen molar-refractivity contribution < 1.29 is 18.6 Å². The van der Waals surface area contributed by atoms with Crippen LogP contribution in [0.15, 0.2) is 22.6 Å². The minimum Gasteiger partial charge on any atom is -0.497 e. The molecule has 0 unspecified atom stereocenters. The molecule has 23 heavy (non-hydrogen) atoms. The molecule has 1 aromatic carbocycles. The molecule has 7 nitrogen and oxygen atoms in total. The van der Waals surface area contributed by atoms with Crippen LogP contribution in [0.4, 0.5) is 0 Å². The van der Waals surface area contributed by atoms with Crippen LogP contribution in [0.3, 0.4) is 0 Å². The maximum atomic E-state index is 5.64. The fourth-order valence-corrected chi connectivity index (χ4v) is 2.55. The van der Waals surface area contributed by atoms with Crippen LogP contribution in [0.2, 0.25) is 0 Å². The van der Waals surface area contributed by atoms with Gasteiger partial charge < -0.3 is 18.6 Å². The lowest BCUT2D eigenvalue weighted by molar-refractivity contribution is 0.0206.